The lowest BCUT2D eigenvalue weighted by Crippen LogP contribution is -2.08. The van der Waals surface area contributed by atoms with Gasteiger partial charge in [0.15, 0.2) is 0 Å². The second kappa shape index (κ2) is 8.00. The van der Waals surface area contributed by atoms with Gasteiger partial charge < -0.3 is 18.0 Å². The number of carbonyl (C=O) groups excluding carboxylic acids is 1. The predicted molar refractivity (Wildman–Crippen MR) is 130 cm³/mol. The Hall–Kier alpha value is -4.62. The molecule has 0 aliphatic carbocycles. The normalized spacial score (nSPS) is 11.3. The van der Waals surface area contributed by atoms with Gasteiger partial charge in [-0.05, 0) is 48.5 Å². The molecule has 6 aromatic rings. The van der Waals surface area contributed by atoms with Gasteiger partial charge in [0, 0.05) is 38.9 Å². The fraction of sp³-hybridized carbons (Fsp3) is 0. The topological polar surface area (TPSA) is 99.9 Å². The largest absolute Gasteiger partial charge is 0.449 e. The molecule has 0 bridgehead atoms. The Morgan fingerprint density at radius 2 is 1.54 bits per heavy atom. The fourth-order valence-corrected chi connectivity index (χ4v) is 4.13. The van der Waals surface area contributed by atoms with Crippen molar-refractivity contribution in [2.45, 2.75) is 0 Å². The van der Waals surface area contributed by atoms with E-state index in [0.29, 0.717) is 37.9 Å². The summed E-state index contributed by atoms with van der Waals surface area (Å²) in [5.74, 6) is -0.608. The molecular weight excluding hydrogens is 472 g/mol. The average molecular weight is 485 g/mol. The molecule has 7 nitrogen and oxygen atoms in total. The molecule has 35 heavy (non-hydrogen) atoms. The van der Waals surface area contributed by atoms with Crippen molar-refractivity contribution in [1.82, 2.24) is 0 Å². The molecule has 3 aromatic heterocycles. The van der Waals surface area contributed by atoms with E-state index in [4.69, 9.17) is 29.6 Å². The molecule has 8 heteroatoms. The van der Waals surface area contributed by atoms with Crippen molar-refractivity contribution in [3.63, 3.8) is 0 Å². The number of hydrogen-bond donors (Lipinski definition) is 0. The first-order chi connectivity index (χ1) is 16.9. The molecule has 3 heterocycles. The van der Waals surface area contributed by atoms with Crippen molar-refractivity contribution in [2.75, 3.05) is 0 Å². The molecule has 0 spiro atoms. The van der Waals surface area contributed by atoms with E-state index >= 15 is 0 Å². The number of esters is 1. The monoisotopic (exact) mass is 484 g/mol. The number of halogens is 1. The Balaban J connectivity index is 1.40. The maximum Gasteiger partial charge on any atom is 0.379 e. The van der Waals surface area contributed by atoms with Crippen LogP contribution >= 0.6 is 11.6 Å². The molecule has 0 aliphatic rings. The van der Waals surface area contributed by atoms with Crippen LogP contribution in [-0.4, -0.2) is 5.97 Å². The van der Waals surface area contributed by atoms with E-state index in [9.17, 15) is 14.4 Å². The number of benzene rings is 3. The Bertz CT molecular complexity index is 1910. The third-order valence-electron chi connectivity index (χ3n) is 5.54. The number of hydrogen-bond acceptors (Lipinski definition) is 7. The van der Waals surface area contributed by atoms with Crippen LogP contribution in [0, 0.1) is 0 Å². The van der Waals surface area contributed by atoms with Gasteiger partial charge in [-0.3, -0.25) is 0 Å². The zero-order valence-electron chi connectivity index (χ0n) is 17.7. The summed E-state index contributed by atoms with van der Waals surface area (Å²) >= 11 is 5.98. The highest BCUT2D eigenvalue weighted by Gasteiger charge is 2.18. The predicted octanol–water partition coefficient (Wildman–Crippen LogP) is 6.19. The van der Waals surface area contributed by atoms with Crippen LogP contribution in [0.2, 0.25) is 5.02 Å². The maximum atomic E-state index is 12.7. The molecule has 0 atom stereocenters. The summed E-state index contributed by atoms with van der Waals surface area (Å²) < 4.78 is 21.7. The van der Waals surface area contributed by atoms with E-state index < -0.39 is 17.2 Å². The first-order valence-electron chi connectivity index (χ1n) is 10.5. The summed E-state index contributed by atoms with van der Waals surface area (Å²) in [6.45, 7) is 0. The molecule has 0 unspecified atom stereocenters. The van der Waals surface area contributed by atoms with E-state index in [2.05, 4.69) is 0 Å². The summed E-state index contributed by atoms with van der Waals surface area (Å²) in [7, 11) is 0. The van der Waals surface area contributed by atoms with Crippen LogP contribution in [-0.2, 0) is 0 Å². The number of rotatable bonds is 3. The molecule has 6 rings (SSSR count). The summed E-state index contributed by atoms with van der Waals surface area (Å²) in [6, 6.07) is 21.0. The van der Waals surface area contributed by atoms with Crippen molar-refractivity contribution in [1.29, 1.82) is 0 Å². The number of para-hydroxylation sites is 1. The Kier molecular flexibility index (Phi) is 4.79. The van der Waals surface area contributed by atoms with Crippen LogP contribution in [0.5, 0.6) is 5.75 Å². The standard InChI is InChI=1S/C27H13ClO7/c28-16-5-8-22-15(9-16)11-24(33-22)27(31)32-17-6-7-18-19(13-25(29)34-23(18)12-17)20-10-14-3-1-2-4-21(14)35-26(20)30/h1-13H. The fourth-order valence-electron chi connectivity index (χ4n) is 3.95. The maximum absolute atomic E-state index is 12.7. The number of furan rings is 1. The minimum atomic E-state index is -0.731. The van der Waals surface area contributed by atoms with Gasteiger partial charge in [0.1, 0.15) is 22.5 Å². The van der Waals surface area contributed by atoms with Crippen LogP contribution in [0.25, 0.3) is 44.0 Å². The van der Waals surface area contributed by atoms with Gasteiger partial charge in [-0.15, -0.1) is 0 Å². The Morgan fingerprint density at radius 3 is 2.43 bits per heavy atom. The minimum Gasteiger partial charge on any atom is -0.449 e. The minimum absolute atomic E-state index is 0.00802. The lowest BCUT2D eigenvalue weighted by molar-refractivity contribution is 0.0704. The second-order valence-electron chi connectivity index (χ2n) is 7.80. The lowest BCUT2D eigenvalue weighted by Gasteiger charge is -2.08. The van der Waals surface area contributed by atoms with Crippen molar-refractivity contribution in [3.8, 4) is 16.9 Å². The van der Waals surface area contributed by atoms with Gasteiger partial charge in [-0.2, -0.15) is 0 Å². The molecule has 3 aromatic carbocycles. The molecule has 0 radical (unpaired) electrons. The molecule has 0 N–H and O–H groups in total. The van der Waals surface area contributed by atoms with Gasteiger partial charge in [-0.1, -0.05) is 29.8 Å². The zero-order valence-corrected chi connectivity index (χ0v) is 18.5. The molecule has 0 aliphatic heterocycles. The van der Waals surface area contributed by atoms with E-state index in [1.165, 1.54) is 24.3 Å². The first-order valence-corrected chi connectivity index (χ1v) is 10.8. The SMILES string of the molecule is O=C(Oc1ccc2c(-c3cc4ccccc4oc3=O)cc(=O)oc2c1)c1cc2cc(Cl)ccc2o1. The quantitative estimate of drug-likeness (QED) is 0.168. The van der Waals surface area contributed by atoms with Gasteiger partial charge in [0.2, 0.25) is 5.76 Å². The average Bonchev–Trinajstić information content (AvgIpc) is 3.26. The zero-order chi connectivity index (χ0) is 24.1. The Labute approximate surface area is 200 Å². The Morgan fingerprint density at radius 1 is 0.714 bits per heavy atom. The molecule has 0 saturated heterocycles. The van der Waals surface area contributed by atoms with E-state index in [-0.39, 0.29) is 22.7 Å². The molecular formula is C27H13ClO7. The van der Waals surface area contributed by atoms with E-state index in [1.807, 2.05) is 6.07 Å². The van der Waals surface area contributed by atoms with Crippen LogP contribution < -0.4 is 16.0 Å². The second-order valence-corrected chi connectivity index (χ2v) is 8.24. The van der Waals surface area contributed by atoms with Gasteiger partial charge in [0.25, 0.3) is 0 Å². The van der Waals surface area contributed by atoms with Crippen molar-refractivity contribution >= 4 is 50.5 Å². The smallest absolute Gasteiger partial charge is 0.379 e. The molecule has 0 fully saturated rings. The number of ether oxygens (including phenoxy) is 1. The van der Waals surface area contributed by atoms with Crippen molar-refractivity contribution in [2.24, 2.45) is 0 Å². The number of fused-ring (bicyclic) bond motifs is 3. The third-order valence-corrected chi connectivity index (χ3v) is 5.77. The third kappa shape index (κ3) is 3.78. The van der Waals surface area contributed by atoms with Crippen molar-refractivity contribution in [3.05, 3.63) is 110 Å². The summed E-state index contributed by atoms with van der Waals surface area (Å²) in [6.07, 6.45) is 0. The van der Waals surface area contributed by atoms with Crippen LogP contribution in [0.1, 0.15) is 10.6 Å². The lowest BCUT2D eigenvalue weighted by atomic mass is 10.0. The summed E-state index contributed by atoms with van der Waals surface area (Å²) in [4.78, 5) is 37.6. The number of carbonyl (C=O) groups is 1. The highest BCUT2D eigenvalue weighted by atomic mass is 35.5. The van der Waals surface area contributed by atoms with Crippen LogP contribution in [0.15, 0.2) is 102 Å². The van der Waals surface area contributed by atoms with Gasteiger partial charge in [0.05, 0.1) is 5.56 Å². The molecule has 0 amide bonds. The van der Waals surface area contributed by atoms with Crippen LogP contribution in [0.4, 0.5) is 0 Å². The summed E-state index contributed by atoms with van der Waals surface area (Å²) in [5.41, 5.74) is 0.380. The highest BCUT2D eigenvalue weighted by molar-refractivity contribution is 6.31. The highest BCUT2D eigenvalue weighted by Crippen LogP contribution is 2.30. The van der Waals surface area contributed by atoms with Gasteiger partial charge in [-0.25, -0.2) is 14.4 Å². The van der Waals surface area contributed by atoms with Crippen LogP contribution in [0.3, 0.4) is 0 Å². The van der Waals surface area contributed by atoms with Gasteiger partial charge >= 0.3 is 17.2 Å². The van der Waals surface area contributed by atoms with E-state index in [1.54, 1.807) is 48.5 Å². The van der Waals surface area contributed by atoms with E-state index in [0.717, 1.165) is 0 Å². The first kappa shape index (κ1) is 20.9. The molecule has 170 valence electrons. The van der Waals surface area contributed by atoms with Crippen molar-refractivity contribution < 1.29 is 22.8 Å². The summed E-state index contributed by atoms with van der Waals surface area (Å²) in [5, 5.41) is 2.36. The molecule has 0 saturated carbocycles.